The number of thioether (sulfide) groups is 1. The van der Waals surface area contributed by atoms with E-state index in [9.17, 15) is 19.2 Å². The van der Waals surface area contributed by atoms with Crippen LogP contribution in [0.1, 0.15) is 46.5 Å². The lowest BCUT2D eigenvalue weighted by Gasteiger charge is -2.16. The molecule has 0 aliphatic rings. The highest BCUT2D eigenvalue weighted by Crippen LogP contribution is 2.30. The Morgan fingerprint density at radius 3 is 2.22 bits per heavy atom. The van der Waals surface area contributed by atoms with Crippen molar-refractivity contribution in [3.8, 4) is 0 Å². The molecule has 0 heterocycles. The quantitative estimate of drug-likeness (QED) is 0.0795. The Kier molecular flexibility index (Phi) is 12.4. The molecule has 0 fully saturated rings. The topological polar surface area (TPSA) is 114 Å². The number of esters is 1. The zero-order valence-electron chi connectivity index (χ0n) is 25.0. The summed E-state index contributed by atoms with van der Waals surface area (Å²) in [6.07, 6.45) is 1.99. The van der Waals surface area contributed by atoms with Crippen molar-refractivity contribution in [2.45, 2.75) is 30.4 Å². The molecule has 236 valence electrons. The standard InChI is InChI=1S/C35H31Cl2N3O5S/c1-3-30(34(43)38-25-18-16-23(17-19-25)35(44)45-4-2)46-27-14-9-13-26(21-27)39-33(42)29(20-24-12-8-15-28(36)31(24)37)40-32(41)22-10-6-5-7-11-22/h5-21,30H,3-4H2,1-2H3,(H,38,43)(H,39,42)(H,40,41)/b29-20+. The Labute approximate surface area is 281 Å². The average Bonchev–Trinajstić information content (AvgIpc) is 3.06. The lowest BCUT2D eigenvalue weighted by atomic mass is 10.1. The molecule has 0 spiro atoms. The van der Waals surface area contributed by atoms with Gasteiger partial charge in [0.15, 0.2) is 0 Å². The Bertz CT molecular complexity index is 1750. The molecule has 4 rings (SSSR count). The van der Waals surface area contributed by atoms with Gasteiger partial charge in [0.2, 0.25) is 5.91 Å². The maximum atomic E-state index is 13.5. The van der Waals surface area contributed by atoms with E-state index in [-0.39, 0.29) is 23.2 Å². The van der Waals surface area contributed by atoms with Crippen molar-refractivity contribution >= 4 is 76.1 Å². The summed E-state index contributed by atoms with van der Waals surface area (Å²) in [5, 5.41) is 8.49. The molecule has 8 nitrogen and oxygen atoms in total. The molecule has 0 aromatic heterocycles. The molecule has 46 heavy (non-hydrogen) atoms. The van der Waals surface area contributed by atoms with Gasteiger partial charge in [-0.15, -0.1) is 11.8 Å². The van der Waals surface area contributed by atoms with Crippen LogP contribution in [0.3, 0.4) is 0 Å². The molecule has 0 saturated carbocycles. The maximum Gasteiger partial charge on any atom is 0.338 e. The summed E-state index contributed by atoms with van der Waals surface area (Å²) >= 11 is 13.9. The predicted molar refractivity (Wildman–Crippen MR) is 184 cm³/mol. The molecule has 3 amide bonds. The zero-order chi connectivity index (χ0) is 33.1. The first kappa shape index (κ1) is 34.3. The number of ether oxygens (including phenoxy) is 1. The van der Waals surface area contributed by atoms with E-state index in [0.29, 0.717) is 39.5 Å². The van der Waals surface area contributed by atoms with Crippen molar-refractivity contribution in [3.63, 3.8) is 0 Å². The third kappa shape index (κ3) is 9.47. The molecule has 4 aromatic carbocycles. The second kappa shape index (κ2) is 16.7. The number of benzene rings is 4. The highest BCUT2D eigenvalue weighted by molar-refractivity contribution is 8.00. The first-order valence-corrected chi connectivity index (χ1v) is 16.0. The molecular weight excluding hydrogens is 645 g/mol. The van der Waals surface area contributed by atoms with E-state index in [1.165, 1.54) is 17.8 Å². The first-order valence-electron chi connectivity index (χ1n) is 14.4. The Balaban J connectivity index is 1.48. The average molecular weight is 677 g/mol. The number of anilines is 2. The number of hydrogen-bond acceptors (Lipinski definition) is 6. The van der Waals surface area contributed by atoms with Crippen LogP contribution in [0.5, 0.6) is 0 Å². The molecular formula is C35H31Cl2N3O5S. The van der Waals surface area contributed by atoms with Crippen LogP contribution in [0.2, 0.25) is 10.0 Å². The molecule has 4 aromatic rings. The molecule has 11 heteroatoms. The van der Waals surface area contributed by atoms with Crippen molar-refractivity contribution in [1.82, 2.24) is 5.32 Å². The molecule has 0 radical (unpaired) electrons. The number of carbonyl (C=O) groups is 4. The summed E-state index contributed by atoms with van der Waals surface area (Å²) in [6, 6.07) is 27.0. The van der Waals surface area contributed by atoms with E-state index in [1.807, 2.05) is 13.0 Å². The van der Waals surface area contributed by atoms with Crippen LogP contribution in [0.15, 0.2) is 108 Å². The fourth-order valence-electron chi connectivity index (χ4n) is 4.19. The van der Waals surface area contributed by atoms with Crippen molar-refractivity contribution in [2.75, 3.05) is 17.2 Å². The number of rotatable bonds is 12. The van der Waals surface area contributed by atoms with E-state index < -0.39 is 23.0 Å². The molecule has 1 unspecified atom stereocenters. The van der Waals surface area contributed by atoms with Gasteiger partial charge in [-0.1, -0.05) is 66.5 Å². The summed E-state index contributed by atoms with van der Waals surface area (Å²) in [5.74, 6) is -1.70. The van der Waals surface area contributed by atoms with E-state index in [1.54, 1.807) is 97.9 Å². The van der Waals surface area contributed by atoms with Crippen LogP contribution < -0.4 is 16.0 Å². The summed E-state index contributed by atoms with van der Waals surface area (Å²) in [6.45, 7) is 3.91. The van der Waals surface area contributed by atoms with Crippen LogP contribution in [-0.4, -0.2) is 35.5 Å². The van der Waals surface area contributed by atoms with Crippen molar-refractivity contribution in [3.05, 3.63) is 129 Å². The van der Waals surface area contributed by atoms with Crippen LogP contribution in [0, 0.1) is 0 Å². The van der Waals surface area contributed by atoms with E-state index >= 15 is 0 Å². The van der Waals surface area contributed by atoms with E-state index in [0.717, 1.165) is 4.90 Å². The number of halogens is 2. The van der Waals surface area contributed by atoms with Crippen molar-refractivity contribution in [2.24, 2.45) is 0 Å². The number of hydrogen-bond donors (Lipinski definition) is 3. The van der Waals surface area contributed by atoms with Gasteiger partial charge < -0.3 is 20.7 Å². The highest BCUT2D eigenvalue weighted by Gasteiger charge is 2.20. The van der Waals surface area contributed by atoms with Gasteiger partial charge >= 0.3 is 5.97 Å². The molecule has 0 aliphatic carbocycles. The summed E-state index contributed by atoms with van der Waals surface area (Å²) in [7, 11) is 0. The van der Waals surface area contributed by atoms with Gasteiger partial charge in [0.1, 0.15) is 5.70 Å². The SMILES string of the molecule is CCOC(=O)c1ccc(NC(=O)C(CC)Sc2cccc(NC(=O)/C(=C\c3cccc(Cl)c3Cl)NC(=O)c3ccccc3)c2)cc1. The Hall–Kier alpha value is -4.57. The number of amides is 3. The van der Waals surface area contributed by atoms with Crippen molar-refractivity contribution in [1.29, 1.82) is 0 Å². The van der Waals surface area contributed by atoms with Crippen LogP contribution in [0.4, 0.5) is 11.4 Å². The number of carbonyl (C=O) groups excluding carboxylic acids is 4. The van der Waals surface area contributed by atoms with Gasteiger partial charge in [0.25, 0.3) is 11.8 Å². The van der Waals surface area contributed by atoms with Gasteiger partial charge in [-0.3, -0.25) is 14.4 Å². The molecule has 0 bridgehead atoms. The highest BCUT2D eigenvalue weighted by atomic mass is 35.5. The van der Waals surface area contributed by atoms with Crippen LogP contribution in [-0.2, 0) is 14.3 Å². The fourth-order valence-corrected chi connectivity index (χ4v) is 5.56. The minimum Gasteiger partial charge on any atom is -0.462 e. The molecule has 1 atom stereocenters. The number of nitrogens with one attached hydrogen (secondary N) is 3. The monoisotopic (exact) mass is 675 g/mol. The second-order valence-electron chi connectivity index (χ2n) is 9.80. The minimum absolute atomic E-state index is 0.0455. The van der Waals surface area contributed by atoms with Gasteiger partial charge in [-0.25, -0.2) is 4.79 Å². The van der Waals surface area contributed by atoms with Gasteiger partial charge in [-0.05, 0) is 85.6 Å². The maximum absolute atomic E-state index is 13.5. The third-order valence-corrected chi connectivity index (χ3v) is 8.70. The van der Waals surface area contributed by atoms with E-state index in [4.69, 9.17) is 27.9 Å². The van der Waals surface area contributed by atoms with Crippen LogP contribution in [0.25, 0.3) is 6.08 Å². The normalized spacial score (nSPS) is 11.7. The molecule has 0 saturated heterocycles. The lowest BCUT2D eigenvalue weighted by Crippen LogP contribution is -2.30. The first-order chi connectivity index (χ1) is 22.2. The van der Waals surface area contributed by atoms with Gasteiger partial charge in [0.05, 0.1) is 27.5 Å². The third-order valence-electron chi connectivity index (χ3n) is 6.51. The van der Waals surface area contributed by atoms with Gasteiger partial charge in [0, 0.05) is 21.8 Å². The largest absolute Gasteiger partial charge is 0.462 e. The molecule has 3 N–H and O–H groups in total. The lowest BCUT2D eigenvalue weighted by molar-refractivity contribution is -0.116. The van der Waals surface area contributed by atoms with Crippen molar-refractivity contribution < 1.29 is 23.9 Å². The van der Waals surface area contributed by atoms with Crippen LogP contribution >= 0.6 is 35.0 Å². The Morgan fingerprint density at radius 2 is 1.52 bits per heavy atom. The van der Waals surface area contributed by atoms with Gasteiger partial charge in [-0.2, -0.15) is 0 Å². The summed E-state index contributed by atoms with van der Waals surface area (Å²) < 4.78 is 5.00. The van der Waals surface area contributed by atoms with E-state index in [2.05, 4.69) is 16.0 Å². The fraction of sp³-hybridized carbons (Fsp3) is 0.143. The summed E-state index contributed by atoms with van der Waals surface area (Å²) in [4.78, 5) is 52.3. The minimum atomic E-state index is -0.585. The zero-order valence-corrected chi connectivity index (χ0v) is 27.3. The summed E-state index contributed by atoms with van der Waals surface area (Å²) in [5.41, 5.74) is 2.18. The Morgan fingerprint density at radius 1 is 0.804 bits per heavy atom. The smallest absolute Gasteiger partial charge is 0.338 e. The predicted octanol–water partition coefficient (Wildman–Crippen LogP) is 8.09. The molecule has 0 aliphatic heterocycles. The second-order valence-corrected chi connectivity index (χ2v) is 11.9.